The Bertz CT molecular complexity index is 1410. The number of nitrogens with zero attached hydrogens (tertiary/aromatic N) is 4. The van der Waals surface area contributed by atoms with Crippen LogP contribution in [0, 0.1) is 5.92 Å². The van der Waals surface area contributed by atoms with Crippen LogP contribution in [0.25, 0.3) is 11.0 Å². The van der Waals surface area contributed by atoms with Crippen LogP contribution < -0.4 is 26.2 Å². The second-order valence-corrected chi connectivity index (χ2v) is 13.1. The number of anilines is 2. The van der Waals surface area contributed by atoms with E-state index in [0.29, 0.717) is 35.1 Å². The van der Waals surface area contributed by atoms with Gasteiger partial charge in [0.25, 0.3) is 0 Å². The van der Waals surface area contributed by atoms with Crippen LogP contribution in [-0.4, -0.2) is 51.9 Å². The lowest BCUT2D eigenvalue weighted by Crippen LogP contribution is -2.40. The number of nitrogen functional groups attached to an aromatic ring is 1. The fraction of sp³-hybridized carbons (Fsp3) is 0.536. The molecule has 3 aliphatic rings. The summed E-state index contributed by atoms with van der Waals surface area (Å²) in [5, 5.41) is 6.18. The molecular weight excluding hydrogens is 581 g/mol. The fourth-order valence-electron chi connectivity index (χ4n) is 5.63. The van der Waals surface area contributed by atoms with Crippen molar-refractivity contribution < 1.29 is 23.3 Å². The van der Waals surface area contributed by atoms with Crippen LogP contribution in [0.15, 0.2) is 36.5 Å². The number of halogens is 1. The number of aromatic nitrogens is 3. The van der Waals surface area contributed by atoms with E-state index >= 15 is 0 Å². The van der Waals surface area contributed by atoms with Gasteiger partial charge in [0, 0.05) is 24.2 Å². The zero-order valence-corrected chi connectivity index (χ0v) is 25.4. The summed E-state index contributed by atoms with van der Waals surface area (Å²) in [4.78, 5) is 21.9. The molecule has 0 bridgehead atoms. The van der Waals surface area contributed by atoms with E-state index in [2.05, 4.69) is 22.0 Å². The molecule has 3 heterocycles. The average molecular weight is 618 g/mol. The zero-order valence-electron chi connectivity index (χ0n) is 23.7. The molecule has 5 N–H and O–H groups in total. The van der Waals surface area contributed by atoms with Gasteiger partial charge in [0.1, 0.15) is 29.3 Å². The van der Waals surface area contributed by atoms with Gasteiger partial charge < -0.3 is 28.8 Å². The van der Waals surface area contributed by atoms with Gasteiger partial charge >= 0.3 is 14.5 Å². The summed E-state index contributed by atoms with van der Waals surface area (Å²) in [6.07, 6.45) is 7.57. The Kier molecular flexibility index (Phi) is 8.46. The highest BCUT2D eigenvalue weighted by Crippen LogP contribution is 2.48. The van der Waals surface area contributed by atoms with Gasteiger partial charge in [-0.2, -0.15) is 9.97 Å². The molecule has 2 aromatic heterocycles. The SMILES string of the molecule is CC1CC(COP(NC2(C(=O)OC3CCCC3)CC2)Oc2ccc(Cl)cc2)OC1n1ccc2c(N(C)N)nc(N)nc21. The van der Waals surface area contributed by atoms with E-state index in [0.717, 1.165) is 37.5 Å². The quantitative estimate of drug-likeness (QED) is 0.117. The van der Waals surface area contributed by atoms with Crippen molar-refractivity contribution in [2.24, 2.45) is 11.8 Å². The van der Waals surface area contributed by atoms with Crippen molar-refractivity contribution in [1.82, 2.24) is 19.6 Å². The van der Waals surface area contributed by atoms with Gasteiger partial charge in [-0.3, -0.25) is 9.80 Å². The number of benzene rings is 1. The third kappa shape index (κ3) is 6.29. The molecule has 4 unspecified atom stereocenters. The van der Waals surface area contributed by atoms with Crippen molar-refractivity contribution >= 4 is 48.9 Å². The minimum atomic E-state index is -1.69. The minimum Gasteiger partial charge on any atom is -0.461 e. The highest BCUT2D eigenvalue weighted by atomic mass is 35.5. The molecule has 1 aliphatic heterocycles. The van der Waals surface area contributed by atoms with Crippen molar-refractivity contribution in [1.29, 1.82) is 0 Å². The Morgan fingerprint density at radius 2 is 1.98 bits per heavy atom. The minimum absolute atomic E-state index is 0.00173. The lowest BCUT2D eigenvalue weighted by molar-refractivity contribution is -0.152. The van der Waals surface area contributed by atoms with Gasteiger partial charge in [0.15, 0.2) is 5.82 Å². The number of rotatable bonds is 11. The molecule has 6 rings (SSSR count). The molecule has 1 aromatic carbocycles. The summed E-state index contributed by atoms with van der Waals surface area (Å²) in [5.41, 5.74) is 5.85. The van der Waals surface area contributed by atoms with E-state index in [1.54, 1.807) is 31.3 Å². The smallest absolute Gasteiger partial charge is 0.327 e. The first-order valence-corrected chi connectivity index (χ1v) is 15.9. The number of carbonyl (C=O) groups is 1. The number of nitrogens with two attached hydrogens (primary N) is 2. The van der Waals surface area contributed by atoms with Crippen molar-refractivity contribution in [3.63, 3.8) is 0 Å². The summed E-state index contributed by atoms with van der Waals surface area (Å²) in [7, 11) is 0.0139. The Labute approximate surface area is 250 Å². The van der Waals surface area contributed by atoms with Crippen LogP contribution in [0.3, 0.4) is 0 Å². The molecular formula is C28H37ClN7O5P. The largest absolute Gasteiger partial charge is 0.461 e. The molecule has 3 fully saturated rings. The maximum Gasteiger partial charge on any atom is 0.327 e. The van der Waals surface area contributed by atoms with Crippen molar-refractivity contribution in [2.75, 3.05) is 24.4 Å². The number of hydrazine groups is 1. The second-order valence-electron chi connectivity index (χ2n) is 11.4. The number of hydrogen-bond donors (Lipinski definition) is 3. The zero-order chi connectivity index (χ0) is 29.4. The van der Waals surface area contributed by atoms with E-state index in [1.165, 1.54) is 5.01 Å². The predicted molar refractivity (Wildman–Crippen MR) is 161 cm³/mol. The van der Waals surface area contributed by atoms with E-state index in [-0.39, 0.29) is 42.9 Å². The maximum absolute atomic E-state index is 13.1. The van der Waals surface area contributed by atoms with Crippen LogP contribution in [0.4, 0.5) is 11.8 Å². The highest BCUT2D eigenvalue weighted by Gasteiger charge is 2.54. The van der Waals surface area contributed by atoms with Crippen molar-refractivity contribution in [2.45, 2.75) is 75.8 Å². The lowest BCUT2D eigenvalue weighted by atomic mass is 10.1. The van der Waals surface area contributed by atoms with E-state index in [4.69, 9.17) is 41.7 Å². The molecule has 0 radical (unpaired) electrons. The second kappa shape index (κ2) is 12.1. The van der Waals surface area contributed by atoms with Crippen molar-refractivity contribution in [3.8, 4) is 5.75 Å². The van der Waals surface area contributed by atoms with E-state index in [1.807, 2.05) is 16.8 Å². The summed E-state index contributed by atoms with van der Waals surface area (Å²) < 4.78 is 26.8. The molecule has 2 saturated carbocycles. The average Bonchev–Trinajstić information content (AvgIpc) is 3.25. The first-order valence-electron chi connectivity index (χ1n) is 14.3. The maximum atomic E-state index is 13.1. The van der Waals surface area contributed by atoms with Gasteiger partial charge in [0.2, 0.25) is 5.95 Å². The summed E-state index contributed by atoms with van der Waals surface area (Å²) in [6, 6.07) is 8.98. The van der Waals surface area contributed by atoms with E-state index < -0.39 is 14.1 Å². The Morgan fingerprint density at radius 3 is 2.67 bits per heavy atom. The summed E-state index contributed by atoms with van der Waals surface area (Å²) in [5.74, 6) is 7.19. The normalized spacial score (nSPS) is 24.1. The van der Waals surface area contributed by atoms with Gasteiger partial charge in [0.05, 0.1) is 18.1 Å². The Hall–Kier alpha value is -2.73. The standard InChI is InChI=1S/C28H37ClN7O5P/c1-17-15-21(39-25(17)36-14-11-22-23(35(2)31)32-27(30)33-24(22)36)16-38-42(41-20-9-7-18(29)8-10-20)34-28(12-13-28)26(37)40-19-5-3-4-6-19/h7-11,14,17,19,21,25,34H,3-6,12-13,15-16,31H2,1-2H3,(H2,30,32,33). The van der Waals surface area contributed by atoms with Crippen LogP contribution in [-0.2, 0) is 18.8 Å². The summed E-state index contributed by atoms with van der Waals surface area (Å²) >= 11 is 6.07. The molecule has 1 saturated heterocycles. The third-order valence-corrected chi connectivity index (χ3v) is 9.66. The Morgan fingerprint density at radius 1 is 1.24 bits per heavy atom. The lowest BCUT2D eigenvalue weighted by Gasteiger charge is -2.25. The predicted octanol–water partition coefficient (Wildman–Crippen LogP) is 4.83. The van der Waals surface area contributed by atoms with Crippen LogP contribution in [0.1, 0.15) is 58.1 Å². The molecule has 0 amide bonds. The number of esters is 1. The number of hydrogen-bond acceptors (Lipinski definition) is 11. The fourth-order valence-corrected chi connectivity index (χ4v) is 7.20. The van der Waals surface area contributed by atoms with Crippen LogP contribution >= 0.6 is 20.1 Å². The van der Waals surface area contributed by atoms with Gasteiger partial charge in [-0.05, 0) is 75.3 Å². The summed E-state index contributed by atoms with van der Waals surface area (Å²) in [6.45, 7) is 2.40. The first kappa shape index (κ1) is 29.3. The van der Waals surface area contributed by atoms with Gasteiger partial charge in [-0.25, -0.2) is 10.9 Å². The Balaban J connectivity index is 1.14. The molecule has 0 spiro atoms. The van der Waals surface area contributed by atoms with Gasteiger partial charge in [-0.1, -0.05) is 18.5 Å². The van der Waals surface area contributed by atoms with Gasteiger partial charge in [-0.15, -0.1) is 0 Å². The number of fused-ring (bicyclic) bond motifs is 1. The van der Waals surface area contributed by atoms with E-state index in [9.17, 15) is 4.79 Å². The monoisotopic (exact) mass is 617 g/mol. The molecule has 42 heavy (non-hydrogen) atoms. The molecule has 2 aliphatic carbocycles. The number of nitrogens with one attached hydrogen (secondary N) is 1. The van der Waals surface area contributed by atoms with Crippen LogP contribution in [0.2, 0.25) is 5.02 Å². The third-order valence-electron chi connectivity index (χ3n) is 8.03. The molecule has 4 atom stereocenters. The highest BCUT2D eigenvalue weighted by molar-refractivity contribution is 7.45. The molecule has 14 heteroatoms. The number of carbonyl (C=O) groups excluding carboxylic acids is 1. The molecule has 226 valence electrons. The topological polar surface area (TPSA) is 152 Å². The molecule has 3 aromatic rings. The first-order chi connectivity index (χ1) is 20.2. The van der Waals surface area contributed by atoms with Crippen LogP contribution in [0.5, 0.6) is 5.75 Å². The van der Waals surface area contributed by atoms with Crippen molar-refractivity contribution in [3.05, 3.63) is 41.6 Å². The molecule has 12 nitrogen and oxygen atoms in total. The number of ether oxygens (including phenoxy) is 2.